The van der Waals surface area contributed by atoms with Crippen molar-refractivity contribution in [2.75, 3.05) is 25.0 Å². The van der Waals surface area contributed by atoms with Crippen LogP contribution in [0.2, 0.25) is 0 Å². The molecule has 1 aromatic rings. The van der Waals surface area contributed by atoms with Crippen LogP contribution >= 0.6 is 0 Å². The van der Waals surface area contributed by atoms with Gasteiger partial charge in [-0.15, -0.1) is 0 Å². The van der Waals surface area contributed by atoms with Gasteiger partial charge < -0.3 is 5.32 Å². The summed E-state index contributed by atoms with van der Waals surface area (Å²) in [5.41, 5.74) is 2.35. The van der Waals surface area contributed by atoms with Gasteiger partial charge in [-0.3, -0.25) is 9.88 Å². The molecule has 3 nitrogen and oxygen atoms in total. The summed E-state index contributed by atoms with van der Waals surface area (Å²) < 4.78 is 0. The Bertz CT molecular complexity index is 352. The topological polar surface area (TPSA) is 28.2 Å². The molecule has 1 unspecified atom stereocenters. The molecule has 19 heavy (non-hydrogen) atoms. The van der Waals surface area contributed by atoms with E-state index in [0.717, 1.165) is 44.2 Å². The Balaban J connectivity index is 2.58. The van der Waals surface area contributed by atoms with E-state index in [2.05, 4.69) is 49.0 Å². The molecule has 0 aliphatic rings. The quantitative estimate of drug-likeness (QED) is 0.735. The number of hydrogen-bond donors (Lipinski definition) is 1. The third-order valence-corrected chi connectivity index (χ3v) is 3.50. The first-order chi connectivity index (χ1) is 9.19. The molecule has 0 radical (unpaired) electrons. The van der Waals surface area contributed by atoms with Crippen molar-refractivity contribution in [3.63, 3.8) is 0 Å². The highest BCUT2D eigenvalue weighted by Crippen LogP contribution is 2.12. The fraction of sp³-hybridized carbons (Fsp3) is 0.688. The molecule has 1 rings (SSSR count). The van der Waals surface area contributed by atoms with Crippen LogP contribution in [0.4, 0.5) is 5.69 Å². The second-order valence-electron chi connectivity index (χ2n) is 5.30. The number of aromatic nitrogens is 1. The normalized spacial score (nSPS) is 12.7. The van der Waals surface area contributed by atoms with E-state index in [1.807, 2.05) is 12.3 Å². The van der Waals surface area contributed by atoms with Crippen LogP contribution in [0, 0.1) is 5.92 Å². The highest BCUT2D eigenvalue weighted by Gasteiger charge is 2.09. The molecule has 0 aliphatic carbocycles. The van der Waals surface area contributed by atoms with E-state index in [-0.39, 0.29) is 0 Å². The van der Waals surface area contributed by atoms with Crippen LogP contribution < -0.4 is 5.32 Å². The minimum Gasteiger partial charge on any atom is -0.385 e. The van der Waals surface area contributed by atoms with Gasteiger partial charge in [0.05, 0.1) is 5.69 Å². The van der Waals surface area contributed by atoms with Gasteiger partial charge in [-0.2, -0.15) is 0 Å². The molecular formula is C16H29N3. The number of nitrogens with zero attached hydrogens (tertiary/aromatic N) is 2. The molecular weight excluding hydrogens is 234 g/mol. The zero-order valence-corrected chi connectivity index (χ0v) is 12.9. The number of rotatable bonds is 9. The lowest BCUT2D eigenvalue weighted by Crippen LogP contribution is -2.28. The maximum Gasteiger partial charge on any atom is 0.0564 e. The van der Waals surface area contributed by atoms with Crippen molar-refractivity contribution in [1.82, 2.24) is 9.88 Å². The van der Waals surface area contributed by atoms with Crippen molar-refractivity contribution >= 4 is 5.69 Å². The minimum atomic E-state index is 0.751. The first-order valence-corrected chi connectivity index (χ1v) is 7.60. The van der Waals surface area contributed by atoms with Crippen molar-refractivity contribution in [2.45, 2.75) is 47.1 Å². The van der Waals surface area contributed by atoms with Gasteiger partial charge in [0.1, 0.15) is 0 Å². The van der Waals surface area contributed by atoms with Gasteiger partial charge in [0.25, 0.3) is 0 Å². The number of hydrogen-bond acceptors (Lipinski definition) is 3. The lowest BCUT2D eigenvalue weighted by atomic mass is 10.1. The first-order valence-electron chi connectivity index (χ1n) is 7.60. The highest BCUT2D eigenvalue weighted by atomic mass is 15.1. The fourth-order valence-electron chi connectivity index (χ4n) is 2.05. The molecule has 0 amide bonds. The summed E-state index contributed by atoms with van der Waals surface area (Å²) in [6, 6.07) is 4.22. The van der Waals surface area contributed by atoms with Gasteiger partial charge in [0.2, 0.25) is 0 Å². The van der Waals surface area contributed by atoms with E-state index in [1.165, 1.54) is 12.1 Å². The van der Waals surface area contributed by atoms with Crippen LogP contribution in [-0.4, -0.2) is 29.5 Å². The molecule has 0 fully saturated rings. The maximum atomic E-state index is 4.49. The zero-order chi connectivity index (χ0) is 14.1. The molecule has 0 bridgehead atoms. The second-order valence-corrected chi connectivity index (χ2v) is 5.30. The van der Waals surface area contributed by atoms with Crippen molar-refractivity contribution < 1.29 is 0 Å². The number of nitrogens with one attached hydrogen (secondary N) is 1. The van der Waals surface area contributed by atoms with E-state index in [0.29, 0.717) is 0 Å². The van der Waals surface area contributed by atoms with Crippen LogP contribution in [0.25, 0.3) is 0 Å². The smallest absolute Gasteiger partial charge is 0.0564 e. The number of pyridine rings is 1. The highest BCUT2D eigenvalue weighted by molar-refractivity contribution is 5.43. The largest absolute Gasteiger partial charge is 0.385 e. The molecule has 0 aliphatic heterocycles. The lowest BCUT2D eigenvalue weighted by molar-refractivity contribution is 0.235. The predicted molar refractivity (Wildman–Crippen MR) is 83.4 cm³/mol. The average Bonchev–Trinajstić information content (AvgIpc) is 2.44. The van der Waals surface area contributed by atoms with Gasteiger partial charge in [0.15, 0.2) is 0 Å². The van der Waals surface area contributed by atoms with Gasteiger partial charge in [-0.25, -0.2) is 0 Å². The molecule has 1 N–H and O–H groups in total. The van der Waals surface area contributed by atoms with Crippen LogP contribution in [0.5, 0.6) is 0 Å². The fourth-order valence-corrected chi connectivity index (χ4v) is 2.05. The molecule has 1 heterocycles. The van der Waals surface area contributed by atoms with E-state index in [4.69, 9.17) is 0 Å². The molecule has 1 aromatic heterocycles. The van der Waals surface area contributed by atoms with E-state index in [9.17, 15) is 0 Å². The zero-order valence-electron chi connectivity index (χ0n) is 12.9. The van der Waals surface area contributed by atoms with Crippen LogP contribution in [0.15, 0.2) is 18.3 Å². The Morgan fingerprint density at radius 1 is 1.32 bits per heavy atom. The molecule has 3 heteroatoms. The Labute approximate surface area is 118 Å². The summed E-state index contributed by atoms with van der Waals surface area (Å²) in [6.45, 7) is 13.2. The summed E-state index contributed by atoms with van der Waals surface area (Å²) in [4.78, 5) is 6.96. The Morgan fingerprint density at radius 2 is 2.11 bits per heavy atom. The first kappa shape index (κ1) is 16.0. The van der Waals surface area contributed by atoms with Crippen LogP contribution in [0.1, 0.15) is 46.2 Å². The lowest BCUT2D eigenvalue weighted by Gasteiger charge is -2.23. The number of anilines is 1. The van der Waals surface area contributed by atoms with Crippen molar-refractivity contribution in [1.29, 1.82) is 0 Å². The Hall–Kier alpha value is -1.09. The Kier molecular flexibility index (Phi) is 7.49. The second kappa shape index (κ2) is 8.92. The van der Waals surface area contributed by atoms with E-state index < -0.39 is 0 Å². The Morgan fingerprint density at radius 3 is 2.74 bits per heavy atom. The summed E-state index contributed by atoms with van der Waals surface area (Å²) >= 11 is 0. The molecule has 0 saturated heterocycles. The molecule has 0 spiro atoms. The monoisotopic (exact) mass is 263 g/mol. The summed E-state index contributed by atoms with van der Waals surface area (Å²) in [5.74, 6) is 0.751. The average molecular weight is 263 g/mol. The SMILES string of the molecule is CCCNc1ccnc(CN(CC)CC(C)CC)c1. The molecule has 1 atom stereocenters. The molecule has 108 valence electrons. The van der Waals surface area contributed by atoms with Crippen molar-refractivity contribution in [2.24, 2.45) is 5.92 Å². The summed E-state index contributed by atoms with van der Waals surface area (Å²) in [7, 11) is 0. The van der Waals surface area contributed by atoms with E-state index >= 15 is 0 Å². The van der Waals surface area contributed by atoms with Gasteiger partial charge in [-0.05, 0) is 31.0 Å². The van der Waals surface area contributed by atoms with Gasteiger partial charge >= 0.3 is 0 Å². The molecule has 0 aromatic carbocycles. The third-order valence-electron chi connectivity index (χ3n) is 3.50. The predicted octanol–water partition coefficient (Wildman–Crippen LogP) is 3.77. The maximum absolute atomic E-state index is 4.49. The molecule has 0 saturated carbocycles. The summed E-state index contributed by atoms with van der Waals surface area (Å²) in [6.07, 6.45) is 4.29. The van der Waals surface area contributed by atoms with Gasteiger partial charge in [-0.1, -0.05) is 34.1 Å². The van der Waals surface area contributed by atoms with Crippen molar-refractivity contribution in [3.8, 4) is 0 Å². The van der Waals surface area contributed by atoms with Crippen LogP contribution in [-0.2, 0) is 6.54 Å². The van der Waals surface area contributed by atoms with Gasteiger partial charge in [0, 0.05) is 31.5 Å². The van der Waals surface area contributed by atoms with E-state index in [1.54, 1.807) is 0 Å². The minimum absolute atomic E-state index is 0.751. The summed E-state index contributed by atoms with van der Waals surface area (Å²) in [5, 5.41) is 3.42. The van der Waals surface area contributed by atoms with Crippen molar-refractivity contribution in [3.05, 3.63) is 24.0 Å². The van der Waals surface area contributed by atoms with Crippen LogP contribution in [0.3, 0.4) is 0 Å². The third kappa shape index (κ3) is 6.06. The standard InChI is InChI=1S/C16H29N3/c1-5-9-17-15-8-10-18-16(11-15)13-19(7-3)12-14(4)6-2/h8,10-11,14H,5-7,9,12-13H2,1-4H3,(H,17,18).